The van der Waals surface area contributed by atoms with Gasteiger partial charge in [-0.2, -0.15) is 13.2 Å². The predicted molar refractivity (Wildman–Crippen MR) is 115 cm³/mol. The molecule has 1 unspecified atom stereocenters. The van der Waals surface area contributed by atoms with Gasteiger partial charge in [0.05, 0.1) is 5.56 Å². The maximum atomic E-state index is 12.8. The topological polar surface area (TPSA) is 38.8 Å². The van der Waals surface area contributed by atoms with Gasteiger partial charge >= 0.3 is 12.3 Å². The summed E-state index contributed by atoms with van der Waals surface area (Å²) in [5, 5.41) is 0. The van der Waals surface area contributed by atoms with Gasteiger partial charge in [0, 0.05) is 20.0 Å². The van der Waals surface area contributed by atoms with Crippen molar-refractivity contribution in [3.8, 4) is 5.75 Å². The molecule has 4 nitrogen and oxygen atoms in total. The van der Waals surface area contributed by atoms with Crippen LogP contribution in [0.1, 0.15) is 29.2 Å². The lowest BCUT2D eigenvalue weighted by molar-refractivity contribution is -0.137. The van der Waals surface area contributed by atoms with E-state index in [0.717, 1.165) is 23.3 Å². The van der Waals surface area contributed by atoms with Gasteiger partial charge in [-0.25, -0.2) is 4.79 Å². The van der Waals surface area contributed by atoms with Crippen LogP contribution in [-0.4, -0.2) is 24.6 Å². The average Bonchev–Trinajstić information content (AvgIpc) is 2.81. The summed E-state index contributed by atoms with van der Waals surface area (Å²) in [5.41, 5.74) is 1.02. The Kier molecular flexibility index (Phi) is 7.76. The molecule has 0 fully saturated rings. The van der Waals surface area contributed by atoms with Crippen molar-refractivity contribution in [3.05, 3.63) is 102 Å². The molecule has 0 saturated heterocycles. The molecule has 0 spiro atoms. The van der Waals surface area contributed by atoms with E-state index in [-0.39, 0.29) is 6.61 Å². The molecule has 0 aliphatic carbocycles. The summed E-state index contributed by atoms with van der Waals surface area (Å²) in [4.78, 5) is 13.8. The molecule has 32 heavy (non-hydrogen) atoms. The quantitative estimate of drug-likeness (QED) is 0.400. The number of ether oxygens (including phenoxy) is 2. The summed E-state index contributed by atoms with van der Waals surface area (Å²) in [6.07, 6.45) is -4.88. The van der Waals surface area contributed by atoms with Gasteiger partial charge in [-0.15, -0.1) is 0 Å². The van der Waals surface area contributed by atoms with E-state index < -0.39 is 23.9 Å². The highest BCUT2D eigenvalue weighted by Crippen LogP contribution is 2.32. The third-order valence-electron chi connectivity index (χ3n) is 4.87. The third kappa shape index (κ3) is 6.77. The van der Waals surface area contributed by atoms with Crippen LogP contribution in [0.15, 0.2) is 84.9 Å². The third-order valence-corrected chi connectivity index (χ3v) is 4.87. The molecule has 1 amide bonds. The SMILES string of the molecule is CN(CCC(Oc1ccc(C(F)(F)F)cc1)c1ccccc1)C(=O)OCc1ccccc1. The van der Waals surface area contributed by atoms with E-state index in [1.54, 1.807) is 7.05 Å². The summed E-state index contributed by atoms with van der Waals surface area (Å²) in [6, 6.07) is 23.3. The predicted octanol–water partition coefficient (Wildman–Crippen LogP) is 6.48. The maximum absolute atomic E-state index is 12.8. The molecule has 7 heteroatoms. The van der Waals surface area contributed by atoms with Crippen LogP contribution in [0.4, 0.5) is 18.0 Å². The number of hydrogen-bond acceptors (Lipinski definition) is 3. The lowest BCUT2D eigenvalue weighted by atomic mass is 10.1. The molecule has 0 heterocycles. The van der Waals surface area contributed by atoms with Gasteiger partial charge in [0.1, 0.15) is 18.5 Å². The Morgan fingerprint density at radius 2 is 1.50 bits per heavy atom. The Morgan fingerprint density at radius 3 is 2.09 bits per heavy atom. The normalized spacial score (nSPS) is 12.1. The van der Waals surface area contributed by atoms with E-state index in [0.29, 0.717) is 18.7 Å². The largest absolute Gasteiger partial charge is 0.486 e. The number of rotatable bonds is 8. The van der Waals surface area contributed by atoms with Crippen LogP contribution < -0.4 is 4.74 Å². The monoisotopic (exact) mass is 443 g/mol. The van der Waals surface area contributed by atoms with Crippen molar-refractivity contribution in [3.63, 3.8) is 0 Å². The van der Waals surface area contributed by atoms with Crippen LogP contribution in [-0.2, 0) is 17.5 Å². The number of carbonyl (C=O) groups excluding carboxylic acids is 1. The first-order valence-electron chi connectivity index (χ1n) is 10.1. The Labute approximate surface area is 185 Å². The molecular weight excluding hydrogens is 419 g/mol. The maximum Gasteiger partial charge on any atom is 0.416 e. The molecule has 0 aliphatic rings. The number of alkyl halides is 3. The van der Waals surface area contributed by atoms with Crippen molar-refractivity contribution in [1.82, 2.24) is 4.90 Å². The fourth-order valence-corrected chi connectivity index (χ4v) is 3.08. The van der Waals surface area contributed by atoms with Gasteiger partial charge in [0.2, 0.25) is 0 Å². The van der Waals surface area contributed by atoms with Crippen molar-refractivity contribution in [2.45, 2.75) is 25.3 Å². The van der Waals surface area contributed by atoms with Crippen molar-refractivity contribution in [1.29, 1.82) is 0 Å². The van der Waals surface area contributed by atoms with E-state index in [9.17, 15) is 18.0 Å². The second-order valence-corrected chi connectivity index (χ2v) is 7.29. The van der Waals surface area contributed by atoms with Crippen LogP contribution >= 0.6 is 0 Å². The first kappa shape index (κ1) is 23.2. The number of benzene rings is 3. The van der Waals surface area contributed by atoms with E-state index in [4.69, 9.17) is 9.47 Å². The van der Waals surface area contributed by atoms with Crippen LogP contribution in [0.2, 0.25) is 0 Å². The highest BCUT2D eigenvalue weighted by Gasteiger charge is 2.30. The first-order chi connectivity index (χ1) is 15.3. The number of hydrogen-bond donors (Lipinski definition) is 0. The second kappa shape index (κ2) is 10.7. The smallest absolute Gasteiger partial charge is 0.416 e. The highest BCUT2D eigenvalue weighted by atomic mass is 19.4. The average molecular weight is 443 g/mol. The van der Waals surface area contributed by atoms with Gasteiger partial charge < -0.3 is 14.4 Å². The Morgan fingerprint density at radius 1 is 0.906 bits per heavy atom. The van der Waals surface area contributed by atoms with E-state index in [1.165, 1.54) is 17.0 Å². The Bertz CT molecular complexity index is 977. The number of amides is 1. The van der Waals surface area contributed by atoms with Crippen LogP contribution in [0.3, 0.4) is 0 Å². The van der Waals surface area contributed by atoms with Gasteiger partial charge in [-0.3, -0.25) is 0 Å². The van der Waals surface area contributed by atoms with E-state index in [2.05, 4.69) is 0 Å². The molecule has 0 radical (unpaired) electrons. The van der Waals surface area contributed by atoms with Crippen LogP contribution in [0.5, 0.6) is 5.75 Å². The van der Waals surface area contributed by atoms with Gasteiger partial charge in [0.15, 0.2) is 0 Å². The lowest BCUT2D eigenvalue weighted by Crippen LogP contribution is -2.30. The van der Waals surface area contributed by atoms with Crippen LogP contribution in [0.25, 0.3) is 0 Å². The zero-order valence-electron chi connectivity index (χ0n) is 17.6. The minimum absolute atomic E-state index is 0.175. The molecule has 0 N–H and O–H groups in total. The summed E-state index contributed by atoms with van der Waals surface area (Å²) in [6.45, 7) is 0.516. The Hall–Kier alpha value is -3.48. The zero-order chi connectivity index (χ0) is 23.0. The molecule has 0 aromatic heterocycles. The molecule has 3 rings (SSSR count). The molecule has 3 aromatic rings. The fourth-order valence-electron chi connectivity index (χ4n) is 3.08. The Balaban J connectivity index is 1.61. The summed E-state index contributed by atoms with van der Waals surface area (Å²) in [7, 11) is 1.63. The molecular formula is C25H24F3NO3. The summed E-state index contributed by atoms with van der Waals surface area (Å²) < 4.78 is 49.8. The standard InChI is InChI=1S/C25H24F3NO3/c1-29(24(30)31-18-19-8-4-2-5-9-19)17-16-23(20-10-6-3-7-11-20)32-22-14-12-21(13-15-22)25(26,27)28/h2-15,23H,16-18H2,1H3. The van der Waals surface area contributed by atoms with E-state index >= 15 is 0 Å². The fraction of sp³-hybridized carbons (Fsp3) is 0.240. The molecule has 3 aromatic carbocycles. The van der Waals surface area contributed by atoms with Crippen molar-refractivity contribution < 1.29 is 27.4 Å². The number of nitrogens with zero attached hydrogens (tertiary/aromatic N) is 1. The van der Waals surface area contributed by atoms with Gasteiger partial charge in [0.25, 0.3) is 0 Å². The van der Waals surface area contributed by atoms with Gasteiger partial charge in [-0.1, -0.05) is 60.7 Å². The number of carbonyl (C=O) groups is 1. The second-order valence-electron chi connectivity index (χ2n) is 7.29. The lowest BCUT2D eigenvalue weighted by Gasteiger charge is -2.23. The van der Waals surface area contributed by atoms with Crippen LogP contribution in [0, 0.1) is 0 Å². The molecule has 168 valence electrons. The molecule has 0 bridgehead atoms. The van der Waals surface area contributed by atoms with E-state index in [1.807, 2.05) is 60.7 Å². The molecule has 0 saturated carbocycles. The number of halogens is 3. The molecule has 1 atom stereocenters. The minimum Gasteiger partial charge on any atom is -0.486 e. The summed E-state index contributed by atoms with van der Waals surface area (Å²) in [5.74, 6) is 0.321. The van der Waals surface area contributed by atoms with Gasteiger partial charge in [-0.05, 0) is 35.4 Å². The first-order valence-corrected chi connectivity index (χ1v) is 10.1. The summed E-state index contributed by atoms with van der Waals surface area (Å²) >= 11 is 0. The molecule has 0 aliphatic heterocycles. The minimum atomic E-state index is -4.40. The van der Waals surface area contributed by atoms with Crippen molar-refractivity contribution in [2.75, 3.05) is 13.6 Å². The zero-order valence-corrected chi connectivity index (χ0v) is 17.6. The highest BCUT2D eigenvalue weighted by molar-refractivity contribution is 5.67. The van der Waals surface area contributed by atoms with Crippen molar-refractivity contribution >= 4 is 6.09 Å². The van der Waals surface area contributed by atoms with Crippen molar-refractivity contribution in [2.24, 2.45) is 0 Å².